The van der Waals surface area contributed by atoms with Crippen LogP contribution in [0.2, 0.25) is 0 Å². The highest BCUT2D eigenvalue weighted by Crippen LogP contribution is 2.08. The van der Waals surface area contributed by atoms with Gasteiger partial charge in [-0.05, 0) is 19.8 Å². The van der Waals surface area contributed by atoms with E-state index in [-0.39, 0.29) is 25.6 Å². The van der Waals surface area contributed by atoms with Gasteiger partial charge >= 0.3 is 18.0 Å². The topological polar surface area (TPSA) is 95.9 Å². The first-order chi connectivity index (χ1) is 9.37. The highest BCUT2D eigenvalue weighted by Gasteiger charge is 2.27. The van der Waals surface area contributed by atoms with Gasteiger partial charge in [-0.2, -0.15) is 0 Å². The number of carboxylic acid groups (broad SMARTS) is 1. The van der Waals surface area contributed by atoms with E-state index in [1.165, 1.54) is 4.90 Å². The number of aliphatic carboxylic acids is 1. The van der Waals surface area contributed by atoms with Crippen LogP contribution < -0.4 is 5.32 Å². The third-order valence-corrected chi connectivity index (χ3v) is 3.05. The van der Waals surface area contributed by atoms with E-state index in [1.54, 1.807) is 20.8 Å². The Balaban J connectivity index is 4.67. The maximum atomic E-state index is 12.0. The molecular weight excluding hydrogens is 264 g/mol. The number of nitrogens with one attached hydrogen (secondary N) is 1. The van der Waals surface area contributed by atoms with E-state index >= 15 is 0 Å². The minimum Gasteiger partial charge on any atom is -0.480 e. The van der Waals surface area contributed by atoms with Crippen LogP contribution in [0.1, 0.15) is 34.1 Å². The molecule has 0 heterocycles. The zero-order chi connectivity index (χ0) is 15.7. The molecule has 0 spiro atoms. The Hall–Kier alpha value is -1.79. The molecule has 7 nitrogen and oxygen atoms in total. The van der Waals surface area contributed by atoms with Crippen molar-refractivity contribution in [1.29, 1.82) is 0 Å². The highest BCUT2D eigenvalue weighted by molar-refractivity contribution is 5.85. The van der Waals surface area contributed by atoms with Crippen LogP contribution in [0.3, 0.4) is 0 Å². The van der Waals surface area contributed by atoms with Gasteiger partial charge in [-0.15, -0.1) is 0 Å². The average molecular weight is 288 g/mol. The highest BCUT2D eigenvalue weighted by atomic mass is 16.5. The van der Waals surface area contributed by atoms with Gasteiger partial charge < -0.3 is 20.1 Å². The minimum absolute atomic E-state index is 0.191. The fraction of sp³-hybridized carbons (Fsp3) is 0.769. The molecule has 0 bridgehead atoms. The zero-order valence-corrected chi connectivity index (χ0v) is 12.5. The van der Waals surface area contributed by atoms with Crippen molar-refractivity contribution in [1.82, 2.24) is 10.2 Å². The van der Waals surface area contributed by atoms with Gasteiger partial charge in [-0.3, -0.25) is 4.79 Å². The van der Waals surface area contributed by atoms with Crippen LogP contribution in [0.4, 0.5) is 4.79 Å². The second-order valence-corrected chi connectivity index (χ2v) is 4.47. The average Bonchev–Trinajstić information content (AvgIpc) is 2.40. The predicted octanol–water partition coefficient (Wildman–Crippen LogP) is 1.08. The second kappa shape index (κ2) is 9.17. The lowest BCUT2D eigenvalue weighted by atomic mass is 9.99. The Kier molecular flexibility index (Phi) is 8.35. The molecule has 2 atom stereocenters. The van der Waals surface area contributed by atoms with Gasteiger partial charge in [0, 0.05) is 6.54 Å². The fourth-order valence-electron chi connectivity index (χ4n) is 1.60. The molecule has 20 heavy (non-hydrogen) atoms. The third-order valence-electron chi connectivity index (χ3n) is 3.05. The zero-order valence-electron chi connectivity index (χ0n) is 12.5. The van der Waals surface area contributed by atoms with Crippen LogP contribution >= 0.6 is 0 Å². The summed E-state index contributed by atoms with van der Waals surface area (Å²) in [6.45, 7) is 7.32. The molecule has 0 aromatic rings. The minimum atomic E-state index is -1.08. The van der Waals surface area contributed by atoms with E-state index in [4.69, 9.17) is 9.84 Å². The number of carboxylic acids is 1. The summed E-state index contributed by atoms with van der Waals surface area (Å²) in [5.41, 5.74) is 0. The Morgan fingerprint density at radius 3 is 2.25 bits per heavy atom. The summed E-state index contributed by atoms with van der Waals surface area (Å²) in [6, 6.07) is -1.54. The molecule has 0 radical (unpaired) electrons. The monoisotopic (exact) mass is 288 g/mol. The molecule has 2 amide bonds. The summed E-state index contributed by atoms with van der Waals surface area (Å²) >= 11 is 0. The lowest BCUT2D eigenvalue weighted by molar-refractivity contribution is -0.143. The molecular formula is C13H24N2O5. The maximum absolute atomic E-state index is 12.0. The Morgan fingerprint density at radius 1 is 1.25 bits per heavy atom. The predicted molar refractivity (Wildman–Crippen MR) is 73.3 cm³/mol. The van der Waals surface area contributed by atoms with Crippen LogP contribution in [-0.4, -0.2) is 53.7 Å². The van der Waals surface area contributed by atoms with Crippen molar-refractivity contribution in [3.63, 3.8) is 0 Å². The largest absolute Gasteiger partial charge is 0.480 e. The van der Waals surface area contributed by atoms with Crippen LogP contribution in [-0.2, 0) is 14.3 Å². The molecule has 0 rings (SSSR count). The standard InChI is InChI=1S/C13H24N2O5/c1-5-9(4)11(12(17)18)14-13(19)15(6-2)8-10(16)20-7-3/h9,11H,5-8H2,1-4H3,(H,14,19)(H,17,18). The van der Waals surface area contributed by atoms with E-state index in [1.807, 2.05) is 6.92 Å². The van der Waals surface area contributed by atoms with Crippen molar-refractivity contribution < 1.29 is 24.2 Å². The van der Waals surface area contributed by atoms with Gasteiger partial charge in [0.15, 0.2) is 0 Å². The van der Waals surface area contributed by atoms with Crippen LogP contribution in [0, 0.1) is 5.92 Å². The van der Waals surface area contributed by atoms with E-state index < -0.39 is 24.0 Å². The lowest BCUT2D eigenvalue weighted by Crippen LogP contribution is -2.51. The summed E-state index contributed by atoms with van der Waals surface area (Å²) < 4.78 is 4.77. The number of carbonyl (C=O) groups excluding carboxylic acids is 2. The molecule has 0 saturated carbocycles. The molecule has 0 aliphatic heterocycles. The number of rotatable bonds is 8. The van der Waals surface area contributed by atoms with Crippen LogP contribution in [0.5, 0.6) is 0 Å². The number of nitrogens with zero attached hydrogens (tertiary/aromatic N) is 1. The van der Waals surface area contributed by atoms with Crippen LogP contribution in [0.25, 0.3) is 0 Å². The number of esters is 1. The van der Waals surface area contributed by atoms with Crippen molar-refractivity contribution in [2.45, 2.75) is 40.2 Å². The summed E-state index contributed by atoms with van der Waals surface area (Å²) in [5.74, 6) is -1.79. The normalized spacial score (nSPS) is 13.2. The SMILES string of the molecule is CCOC(=O)CN(CC)C(=O)NC(C(=O)O)C(C)CC. The van der Waals surface area contributed by atoms with Crippen molar-refractivity contribution in [3.05, 3.63) is 0 Å². The first-order valence-corrected chi connectivity index (χ1v) is 6.81. The quantitative estimate of drug-likeness (QED) is 0.652. The van der Waals surface area contributed by atoms with E-state index in [0.717, 1.165) is 0 Å². The lowest BCUT2D eigenvalue weighted by Gasteiger charge is -2.25. The third kappa shape index (κ3) is 5.90. The molecule has 2 N–H and O–H groups in total. The van der Waals surface area contributed by atoms with Crippen molar-refractivity contribution in [3.8, 4) is 0 Å². The number of urea groups is 1. The number of hydrogen-bond donors (Lipinski definition) is 2. The van der Waals surface area contributed by atoms with Gasteiger partial charge in [0.05, 0.1) is 6.61 Å². The number of carbonyl (C=O) groups is 3. The van der Waals surface area contributed by atoms with Gasteiger partial charge in [0.25, 0.3) is 0 Å². The molecule has 0 aliphatic rings. The number of hydrogen-bond acceptors (Lipinski definition) is 4. The molecule has 7 heteroatoms. The van der Waals surface area contributed by atoms with Gasteiger partial charge in [-0.25, -0.2) is 9.59 Å². The van der Waals surface area contributed by atoms with Crippen LogP contribution in [0.15, 0.2) is 0 Å². The first-order valence-electron chi connectivity index (χ1n) is 6.81. The smallest absolute Gasteiger partial charge is 0.326 e. The summed E-state index contributed by atoms with van der Waals surface area (Å²) in [4.78, 5) is 35.7. The molecule has 0 saturated heterocycles. The van der Waals surface area contributed by atoms with Crippen molar-refractivity contribution in [2.24, 2.45) is 5.92 Å². The molecule has 0 aromatic heterocycles. The number of likely N-dealkylation sites (N-methyl/N-ethyl adjacent to an activating group) is 1. The second-order valence-electron chi connectivity index (χ2n) is 4.47. The molecule has 0 aromatic carbocycles. The van der Waals surface area contributed by atoms with E-state index in [9.17, 15) is 14.4 Å². The van der Waals surface area contributed by atoms with Gasteiger partial charge in [0.1, 0.15) is 12.6 Å². The Bertz CT molecular complexity index is 346. The van der Waals surface area contributed by atoms with E-state index in [0.29, 0.717) is 6.42 Å². The Morgan fingerprint density at radius 2 is 1.85 bits per heavy atom. The molecule has 2 unspecified atom stereocenters. The summed E-state index contributed by atoms with van der Waals surface area (Å²) in [6.07, 6.45) is 0.626. The van der Waals surface area contributed by atoms with Gasteiger partial charge in [0.2, 0.25) is 0 Å². The molecule has 0 fully saturated rings. The Labute approximate surface area is 119 Å². The maximum Gasteiger partial charge on any atom is 0.326 e. The number of amides is 2. The first kappa shape index (κ1) is 18.2. The fourth-order valence-corrected chi connectivity index (χ4v) is 1.60. The van der Waals surface area contributed by atoms with E-state index in [2.05, 4.69) is 5.32 Å². The summed E-state index contributed by atoms with van der Waals surface area (Å²) in [5, 5.41) is 11.6. The van der Waals surface area contributed by atoms with Crippen molar-refractivity contribution >= 4 is 18.0 Å². The number of ether oxygens (including phenoxy) is 1. The van der Waals surface area contributed by atoms with Crippen molar-refractivity contribution in [2.75, 3.05) is 19.7 Å². The molecule has 116 valence electrons. The molecule has 0 aliphatic carbocycles. The van der Waals surface area contributed by atoms with Gasteiger partial charge in [-0.1, -0.05) is 20.3 Å². The summed E-state index contributed by atoms with van der Waals surface area (Å²) in [7, 11) is 0.